The van der Waals surface area contributed by atoms with Crippen molar-refractivity contribution < 1.29 is 33.9 Å². The molecule has 2 aromatic rings. The van der Waals surface area contributed by atoms with Crippen molar-refractivity contribution in [2.24, 2.45) is 5.92 Å². The van der Waals surface area contributed by atoms with Gasteiger partial charge >= 0.3 is 5.97 Å². The minimum absolute atomic E-state index is 0.0548. The fraction of sp³-hybridized carbons (Fsp3) is 0.594. The number of unbranched alkanes of at least 4 members (excludes halogenated alkanes) is 2. The Labute approximate surface area is 257 Å². The fourth-order valence-corrected chi connectivity index (χ4v) is 6.11. The van der Waals surface area contributed by atoms with E-state index in [1.165, 1.54) is 13.3 Å². The number of fused-ring (bicyclic) bond motifs is 2. The first kappa shape index (κ1) is 32.8. The molecule has 0 unspecified atom stereocenters. The van der Waals surface area contributed by atoms with Crippen LogP contribution in [0.2, 0.25) is 0 Å². The maximum absolute atomic E-state index is 14.0. The summed E-state index contributed by atoms with van der Waals surface area (Å²) in [5.74, 6) is -2.23. The van der Waals surface area contributed by atoms with Gasteiger partial charge in [-0.05, 0) is 49.7 Å². The summed E-state index contributed by atoms with van der Waals surface area (Å²) in [6.45, 7) is 4.21. The Morgan fingerprint density at radius 1 is 1.00 bits per heavy atom. The highest BCUT2D eigenvalue weighted by atomic mass is 16.5. The molecule has 0 bridgehead atoms. The molecule has 2 saturated heterocycles. The molecule has 4 amide bonds. The van der Waals surface area contributed by atoms with Crippen molar-refractivity contribution in [3.05, 3.63) is 36.0 Å². The van der Waals surface area contributed by atoms with Gasteiger partial charge in [0.25, 0.3) is 0 Å². The van der Waals surface area contributed by atoms with Gasteiger partial charge in [-0.2, -0.15) is 4.73 Å². The Bertz CT molecular complexity index is 1360. The highest BCUT2D eigenvalue weighted by molar-refractivity contribution is 5.98. The molecular formula is C32H45N5O7. The average molecular weight is 612 g/mol. The molecular weight excluding hydrogens is 566 g/mol. The zero-order valence-electron chi connectivity index (χ0n) is 25.8. The maximum Gasteiger partial charge on any atom is 0.305 e. The SMILES string of the molecule is CC[C@H](C)[C@@H]1NC(=O)[C@H](Cc2cn(O)c3ccccc23)NC(=O)[C@H](CCCCCC(=O)OC)NC(=O)[C@H]2CCCCN2C1=O. The average Bonchev–Trinajstić information content (AvgIpc) is 3.35. The molecule has 12 nitrogen and oxygen atoms in total. The van der Waals surface area contributed by atoms with Crippen molar-refractivity contribution in [3.8, 4) is 0 Å². The molecule has 44 heavy (non-hydrogen) atoms. The zero-order valence-corrected chi connectivity index (χ0v) is 25.8. The molecule has 4 rings (SSSR count). The topological polar surface area (TPSA) is 159 Å². The Morgan fingerprint density at radius 2 is 1.73 bits per heavy atom. The van der Waals surface area contributed by atoms with E-state index in [1.54, 1.807) is 17.0 Å². The molecule has 1 aromatic carbocycles. The summed E-state index contributed by atoms with van der Waals surface area (Å²) >= 11 is 0. The van der Waals surface area contributed by atoms with Gasteiger partial charge in [0.15, 0.2) is 0 Å². The summed E-state index contributed by atoms with van der Waals surface area (Å²) < 4.78 is 5.68. The van der Waals surface area contributed by atoms with E-state index >= 15 is 0 Å². The third-order valence-electron chi connectivity index (χ3n) is 8.93. The Kier molecular flexibility index (Phi) is 11.2. The molecule has 3 heterocycles. The van der Waals surface area contributed by atoms with Crippen LogP contribution in [0.25, 0.3) is 10.9 Å². The summed E-state index contributed by atoms with van der Waals surface area (Å²) in [7, 11) is 1.34. The summed E-state index contributed by atoms with van der Waals surface area (Å²) in [5, 5.41) is 19.9. The standard InChI is InChI=1S/C32H45N5O7/c1-4-20(2)28-32(42)36-17-11-10-15-26(36)31(41)33-23(13-6-5-7-16-27(38)44-3)29(39)34-24(30(40)35-28)18-21-19-37(43)25-14-9-8-12-22(21)25/h8-9,12,14,19-20,23-24,26,28,43H,4-7,10-11,13,15-18H2,1-3H3,(H,33,41)(H,34,39)(H,35,40)/t20-,23-,24-,26+,28-/m0/s1. The van der Waals surface area contributed by atoms with E-state index in [-0.39, 0.29) is 36.5 Å². The van der Waals surface area contributed by atoms with E-state index in [4.69, 9.17) is 4.74 Å². The highest BCUT2D eigenvalue weighted by Gasteiger charge is 2.40. The molecule has 5 atom stereocenters. The number of methoxy groups -OCH3 is 1. The van der Waals surface area contributed by atoms with Gasteiger partial charge in [0, 0.05) is 31.0 Å². The summed E-state index contributed by atoms with van der Waals surface area (Å²) in [4.78, 5) is 68.4. The third kappa shape index (κ3) is 7.70. The third-order valence-corrected chi connectivity index (χ3v) is 8.93. The van der Waals surface area contributed by atoms with Crippen LogP contribution in [-0.4, -0.2) is 82.3 Å². The van der Waals surface area contributed by atoms with Crippen LogP contribution in [-0.2, 0) is 35.1 Å². The van der Waals surface area contributed by atoms with E-state index in [1.807, 2.05) is 26.0 Å². The lowest BCUT2D eigenvalue weighted by atomic mass is 9.93. The van der Waals surface area contributed by atoms with E-state index < -0.39 is 36.0 Å². The van der Waals surface area contributed by atoms with E-state index in [0.717, 1.165) is 23.0 Å². The quantitative estimate of drug-likeness (QED) is 0.182. The summed E-state index contributed by atoms with van der Waals surface area (Å²) in [6, 6.07) is 3.55. The van der Waals surface area contributed by atoms with Gasteiger partial charge in [0.05, 0.1) is 12.6 Å². The monoisotopic (exact) mass is 611 g/mol. The second kappa shape index (κ2) is 15.1. The van der Waals surface area contributed by atoms with E-state index in [0.29, 0.717) is 56.1 Å². The number of esters is 1. The first-order chi connectivity index (χ1) is 21.1. The minimum atomic E-state index is -1.08. The summed E-state index contributed by atoms with van der Waals surface area (Å²) in [6.07, 6.45) is 6.49. The molecule has 12 heteroatoms. The number of nitrogens with one attached hydrogen (secondary N) is 3. The van der Waals surface area contributed by atoms with Crippen molar-refractivity contribution in [1.82, 2.24) is 25.6 Å². The van der Waals surface area contributed by atoms with Crippen molar-refractivity contribution in [2.45, 2.75) is 102 Å². The molecule has 0 radical (unpaired) electrons. The van der Waals surface area contributed by atoms with Crippen LogP contribution in [0, 0.1) is 5.92 Å². The van der Waals surface area contributed by atoms with Gasteiger partial charge in [0.2, 0.25) is 23.6 Å². The number of aromatic nitrogens is 1. The zero-order chi connectivity index (χ0) is 31.8. The van der Waals surface area contributed by atoms with Crippen molar-refractivity contribution in [2.75, 3.05) is 13.7 Å². The number of amides is 4. The van der Waals surface area contributed by atoms with Crippen molar-refractivity contribution in [3.63, 3.8) is 0 Å². The van der Waals surface area contributed by atoms with E-state index in [9.17, 15) is 29.2 Å². The summed E-state index contributed by atoms with van der Waals surface area (Å²) in [5.41, 5.74) is 1.20. The van der Waals surface area contributed by atoms with Crippen LogP contribution >= 0.6 is 0 Å². The molecule has 2 fully saturated rings. The number of hydrogen-bond donors (Lipinski definition) is 4. The van der Waals surface area contributed by atoms with Crippen molar-refractivity contribution in [1.29, 1.82) is 0 Å². The predicted octanol–water partition coefficient (Wildman–Crippen LogP) is 2.44. The largest absolute Gasteiger partial charge is 0.469 e. The molecule has 2 aliphatic rings. The van der Waals surface area contributed by atoms with Gasteiger partial charge in [-0.3, -0.25) is 24.0 Å². The van der Waals surface area contributed by atoms with Crippen LogP contribution < -0.4 is 16.0 Å². The lowest BCUT2D eigenvalue weighted by Crippen LogP contribution is -2.64. The molecule has 0 aliphatic carbocycles. The van der Waals surface area contributed by atoms with Gasteiger partial charge in [-0.25, -0.2) is 0 Å². The van der Waals surface area contributed by atoms with Crippen molar-refractivity contribution >= 4 is 40.5 Å². The number of nitrogens with zero attached hydrogens (tertiary/aromatic N) is 2. The highest BCUT2D eigenvalue weighted by Crippen LogP contribution is 2.24. The van der Waals surface area contributed by atoms with Crippen LogP contribution in [0.1, 0.15) is 77.2 Å². The smallest absolute Gasteiger partial charge is 0.305 e. The lowest BCUT2D eigenvalue weighted by molar-refractivity contribution is -0.147. The van der Waals surface area contributed by atoms with Gasteiger partial charge in [-0.15, -0.1) is 0 Å². The molecule has 2 aliphatic heterocycles. The molecule has 4 N–H and O–H groups in total. The Hall–Kier alpha value is -4.09. The molecule has 0 spiro atoms. The number of para-hydroxylation sites is 1. The molecule has 0 saturated carbocycles. The van der Waals surface area contributed by atoms with Gasteiger partial charge in [0.1, 0.15) is 24.2 Å². The first-order valence-electron chi connectivity index (χ1n) is 15.7. The van der Waals surface area contributed by atoms with Gasteiger partial charge < -0.3 is 30.8 Å². The normalized spacial score (nSPS) is 23.9. The molecule has 240 valence electrons. The fourth-order valence-electron chi connectivity index (χ4n) is 6.11. The first-order valence-corrected chi connectivity index (χ1v) is 15.7. The van der Waals surface area contributed by atoms with Crippen LogP contribution in [0.5, 0.6) is 0 Å². The Morgan fingerprint density at radius 3 is 2.48 bits per heavy atom. The molecule has 1 aromatic heterocycles. The Balaban J connectivity index is 1.65. The number of benzene rings is 1. The van der Waals surface area contributed by atoms with Crippen LogP contribution in [0.4, 0.5) is 0 Å². The van der Waals surface area contributed by atoms with Gasteiger partial charge in [-0.1, -0.05) is 51.3 Å². The van der Waals surface area contributed by atoms with E-state index in [2.05, 4.69) is 16.0 Å². The predicted molar refractivity (Wildman–Crippen MR) is 163 cm³/mol. The second-order valence-corrected chi connectivity index (χ2v) is 11.9. The number of ether oxygens (including phenoxy) is 1. The lowest BCUT2D eigenvalue weighted by Gasteiger charge is -2.39. The number of carbonyl (C=O) groups excluding carboxylic acids is 5. The van der Waals surface area contributed by atoms with Crippen LogP contribution in [0.3, 0.4) is 0 Å². The van der Waals surface area contributed by atoms with Crippen LogP contribution in [0.15, 0.2) is 30.5 Å². The number of hydrogen-bond acceptors (Lipinski definition) is 7. The minimum Gasteiger partial charge on any atom is -0.469 e. The maximum atomic E-state index is 14.0. The number of rotatable bonds is 10. The second-order valence-electron chi connectivity index (χ2n) is 11.9. The number of piperidine rings is 1. The number of carbonyl (C=O) groups is 5.